The Bertz CT molecular complexity index is 1310. The average Bonchev–Trinajstić information content (AvgIpc) is 3.14. The second-order valence-corrected chi connectivity index (χ2v) is 11.8. The molecule has 0 fully saturated rings. The standard InChI is InChI=1S/C11H17NO.2C10H15NO2.C10H15NO/c1-10-6-5-8-11(12-10)7-3-4-9-13-2;1-9-5-3-6-10(11-9)13-8-4-7-12-2;1-13-9-5-3-7-10-6-2-4-8-11(10)12;1-12-9-5-3-7-10-6-2-4-8-11-10/h5-6,8H,3-4,7,9H2,1-2H3;3,5-6H,4,7-8H2,1-2H3;2,4,6,8H,3,5,7,9H2,1H3;2,4,6,8H,3,5,7,9H2,1H3. The van der Waals surface area contributed by atoms with Gasteiger partial charge < -0.3 is 28.9 Å². The molecule has 4 aromatic rings. The van der Waals surface area contributed by atoms with Gasteiger partial charge in [0, 0.05) is 115 Å². The molecule has 51 heavy (non-hydrogen) atoms. The van der Waals surface area contributed by atoms with E-state index in [1.807, 2.05) is 68.6 Å². The summed E-state index contributed by atoms with van der Waals surface area (Å²) >= 11 is 0. The third-order valence-corrected chi connectivity index (χ3v) is 7.28. The van der Waals surface area contributed by atoms with Crippen molar-refractivity contribution in [3.8, 4) is 5.88 Å². The molecule has 0 saturated heterocycles. The van der Waals surface area contributed by atoms with E-state index in [2.05, 4.69) is 33.2 Å². The maximum absolute atomic E-state index is 11.2. The van der Waals surface area contributed by atoms with E-state index in [0.717, 1.165) is 112 Å². The lowest BCUT2D eigenvalue weighted by atomic mass is 10.2. The summed E-state index contributed by atoms with van der Waals surface area (Å²) < 4.78 is 26.1. The molecule has 10 heteroatoms. The van der Waals surface area contributed by atoms with E-state index in [1.54, 1.807) is 34.5 Å². The highest BCUT2D eigenvalue weighted by Crippen LogP contribution is 2.07. The van der Waals surface area contributed by atoms with E-state index in [9.17, 15) is 5.21 Å². The van der Waals surface area contributed by atoms with Crippen molar-refractivity contribution in [3.63, 3.8) is 0 Å². The fourth-order valence-electron chi connectivity index (χ4n) is 4.58. The van der Waals surface area contributed by atoms with Gasteiger partial charge in [-0.3, -0.25) is 9.97 Å². The minimum absolute atomic E-state index is 0.657. The van der Waals surface area contributed by atoms with Crippen molar-refractivity contribution < 1.29 is 28.4 Å². The summed E-state index contributed by atoms with van der Waals surface area (Å²) in [6, 6.07) is 23.4. The first kappa shape index (κ1) is 45.1. The molecule has 0 amide bonds. The van der Waals surface area contributed by atoms with Gasteiger partial charge in [0.25, 0.3) is 0 Å². The van der Waals surface area contributed by atoms with Crippen molar-refractivity contribution in [2.45, 2.75) is 78.1 Å². The van der Waals surface area contributed by atoms with Crippen LogP contribution in [0.2, 0.25) is 0 Å². The monoisotopic (exact) mass is 706 g/mol. The zero-order valence-electron chi connectivity index (χ0n) is 31.9. The van der Waals surface area contributed by atoms with Gasteiger partial charge in [0.05, 0.1) is 6.61 Å². The Labute approximate surface area is 307 Å². The summed E-state index contributed by atoms with van der Waals surface area (Å²) in [6.45, 7) is 7.83. The molecule has 0 unspecified atom stereocenters. The Morgan fingerprint density at radius 2 is 1.08 bits per heavy atom. The van der Waals surface area contributed by atoms with E-state index < -0.39 is 0 Å². The van der Waals surface area contributed by atoms with Crippen molar-refractivity contribution in [1.82, 2.24) is 15.0 Å². The Hall–Kier alpha value is -3.96. The fourth-order valence-corrected chi connectivity index (χ4v) is 4.58. The Morgan fingerprint density at radius 3 is 1.65 bits per heavy atom. The molecule has 0 aromatic carbocycles. The number of aromatic nitrogens is 4. The molecule has 4 heterocycles. The highest BCUT2D eigenvalue weighted by Gasteiger charge is 2.02. The number of rotatable bonds is 20. The molecule has 4 aromatic heterocycles. The van der Waals surface area contributed by atoms with E-state index in [1.165, 1.54) is 17.6 Å². The number of aryl methyl sites for hydroxylation is 5. The molecule has 4 rings (SSSR count). The van der Waals surface area contributed by atoms with E-state index in [0.29, 0.717) is 12.5 Å². The number of methoxy groups -OCH3 is 4. The second-order valence-electron chi connectivity index (χ2n) is 11.8. The van der Waals surface area contributed by atoms with Crippen LogP contribution in [0.15, 0.2) is 85.2 Å². The minimum atomic E-state index is 0.657. The van der Waals surface area contributed by atoms with Crippen molar-refractivity contribution in [3.05, 3.63) is 119 Å². The lowest BCUT2D eigenvalue weighted by molar-refractivity contribution is -0.614. The zero-order valence-corrected chi connectivity index (χ0v) is 31.9. The molecule has 0 aliphatic rings. The summed E-state index contributed by atoms with van der Waals surface area (Å²) in [7, 11) is 6.85. The van der Waals surface area contributed by atoms with Crippen LogP contribution >= 0.6 is 0 Å². The first-order chi connectivity index (χ1) is 24.9. The van der Waals surface area contributed by atoms with Gasteiger partial charge in [-0.25, -0.2) is 4.98 Å². The zero-order chi connectivity index (χ0) is 37.2. The summed E-state index contributed by atoms with van der Waals surface area (Å²) in [6.07, 6.45) is 13.8. The number of ether oxygens (including phenoxy) is 5. The highest BCUT2D eigenvalue weighted by atomic mass is 16.5. The van der Waals surface area contributed by atoms with Gasteiger partial charge in [-0.2, -0.15) is 4.73 Å². The van der Waals surface area contributed by atoms with Crippen LogP contribution in [0.1, 0.15) is 73.4 Å². The largest absolute Gasteiger partial charge is 0.619 e. The van der Waals surface area contributed by atoms with Gasteiger partial charge in [-0.1, -0.05) is 24.3 Å². The molecule has 0 spiro atoms. The molecule has 282 valence electrons. The summed E-state index contributed by atoms with van der Waals surface area (Å²) in [5.74, 6) is 0.691. The van der Waals surface area contributed by atoms with Crippen molar-refractivity contribution in [2.24, 2.45) is 0 Å². The van der Waals surface area contributed by atoms with Crippen LogP contribution in [0, 0.1) is 19.1 Å². The second kappa shape index (κ2) is 32.0. The molecular formula is C41H62N4O6. The lowest BCUT2D eigenvalue weighted by Crippen LogP contribution is -2.30. The number of unbranched alkanes of at least 4 members (excludes halogenated alkanes) is 3. The third kappa shape index (κ3) is 25.6. The molecular weight excluding hydrogens is 644 g/mol. The summed E-state index contributed by atoms with van der Waals surface area (Å²) in [5, 5.41) is 11.2. The smallest absolute Gasteiger partial charge is 0.213 e. The highest BCUT2D eigenvalue weighted by molar-refractivity contribution is 5.14. The predicted octanol–water partition coefficient (Wildman–Crippen LogP) is 7.50. The normalized spacial score (nSPS) is 10.2. The molecule has 0 radical (unpaired) electrons. The minimum Gasteiger partial charge on any atom is -0.619 e. The maximum atomic E-state index is 11.2. The van der Waals surface area contributed by atoms with Crippen LogP contribution in [0.25, 0.3) is 0 Å². The Kier molecular flexibility index (Phi) is 28.3. The van der Waals surface area contributed by atoms with Gasteiger partial charge >= 0.3 is 0 Å². The average molecular weight is 707 g/mol. The van der Waals surface area contributed by atoms with Crippen LogP contribution in [0.5, 0.6) is 5.88 Å². The predicted molar refractivity (Wildman–Crippen MR) is 204 cm³/mol. The number of nitrogens with zero attached hydrogens (tertiary/aromatic N) is 4. The van der Waals surface area contributed by atoms with Gasteiger partial charge in [0.15, 0.2) is 11.9 Å². The first-order valence-electron chi connectivity index (χ1n) is 17.9. The van der Waals surface area contributed by atoms with Gasteiger partial charge in [-0.15, -0.1) is 0 Å². The molecule has 0 N–H and O–H groups in total. The lowest BCUT2D eigenvalue weighted by Gasteiger charge is -2.04. The summed E-state index contributed by atoms with van der Waals surface area (Å²) in [5.41, 5.74) is 5.27. The van der Waals surface area contributed by atoms with Crippen LogP contribution in [-0.4, -0.2) is 76.4 Å². The van der Waals surface area contributed by atoms with Gasteiger partial charge in [0.1, 0.15) is 0 Å². The van der Waals surface area contributed by atoms with Crippen LogP contribution < -0.4 is 9.47 Å². The van der Waals surface area contributed by atoms with Crippen LogP contribution in [0.4, 0.5) is 0 Å². The topological polar surface area (TPSA) is 112 Å². The SMILES string of the molecule is COCCCCc1cccc(C)n1.COCCCCc1cccc[n+]1[O-].COCCCCc1ccccn1.COCCCOc1cccc(C)n1. The molecule has 0 saturated carbocycles. The maximum Gasteiger partial charge on any atom is 0.213 e. The molecule has 0 atom stereocenters. The Balaban J connectivity index is 0.000000340. The molecule has 0 aliphatic heterocycles. The van der Waals surface area contributed by atoms with Gasteiger partial charge in [0.2, 0.25) is 5.88 Å². The molecule has 0 bridgehead atoms. The summed E-state index contributed by atoms with van der Waals surface area (Å²) in [4.78, 5) is 12.9. The molecule has 0 aliphatic carbocycles. The first-order valence-corrected chi connectivity index (χ1v) is 17.9. The van der Waals surface area contributed by atoms with Crippen molar-refractivity contribution in [1.29, 1.82) is 0 Å². The fraction of sp³-hybridized carbons (Fsp3) is 0.512. The number of hydrogen-bond donors (Lipinski definition) is 0. The van der Waals surface area contributed by atoms with Gasteiger partial charge in [-0.05, 0) is 95.5 Å². The van der Waals surface area contributed by atoms with Crippen LogP contribution in [-0.2, 0) is 38.2 Å². The Morgan fingerprint density at radius 1 is 0.529 bits per heavy atom. The number of pyridine rings is 4. The van der Waals surface area contributed by atoms with Crippen LogP contribution in [0.3, 0.4) is 0 Å². The molecule has 10 nitrogen and oxygen atoms in total. The van der Waals surface area contributed by atoms with E-state index in [-0.39, 0.29) is 0 Å². The quantitative estimate of drug-likeness (QED) is 0.0524. The van der Waals surface area contributed by atoms with E-state index in [4.69, 9.17) is 23.7 Å². The van der Waals surface area contributed by atoms with Crippen molar-refractivity contribution >= 4 is 0 Å². The van der Waals surface area contributed by atoms with E-state index >= 15 is 0 Å². The van der Waals surface area contributed by atoms with Crippen molar-refractivity contribution in [2.75, 3.05) is 61.5 Å². The number of hydrogen-bond acceptors (Lipinski definition) is 9. The third-order valence-electron chi connectivity index (χ3n) is 7.28.